The summed E-state index contributed by atoms with van der Waals surface area (Å²) in [7, 11) is -4.01. The predicted molar refractivity (Wildman–Crippen MR) is 132 cm³/mol. The first kappa shape index (κ1) is 24.8. The first-order valence-corrected chi connectivity index (χ1v) is 13.1. The third kappa shape index (κ3) is 7.07. The van der Waals surface area contributed by atoms with E-state index in [-0.39, 0.29) is 10.6 Å². The standard InChI is InChI=1S/C25H27FN2O3S2/c1-19-3-7-21(8-4-19)18-32-16-15-27-25(29)17-28(23-11-9-22(26)10-12-23)33(30,31)24-13-5-20(2)6-14-24/h3-14H,15-18H2,1-2H3,(H,27,29). The number of thioether (sulfide) groups is 1. The fraction of sp³-hybridized carbons (Fsp3) is 0.240. The molecule has 0 aromatic heterocycles. The summed E-state index contributed by atoms with van der Waals surface area (Å²) in [6.07, 6.45) is 0. The quantitative estimate of drug-likeness (QED) is 0.423. The largest absolute Gasteiger partial charge is 0.354 e. The van der Waals surface area contributed by atoms with E-state index in [9.17, 15) is 17.6 Å². The SMILES string of the molecule is Cc1ccc(CSCCNC(=O)CN(c2ccc(F)cc2)S(=O)(=O)c2ccc(C)cc2)cc1. The van der Waals surface area contributed by atoms with Crippen molar-refractivity contribution in [3.05, 3.63) is 95.3 Å². The molecule has 3 aromatic rings. The highest BCUT2D eigenvalue weighted by Gasteiger charge is 2.27. The van der Waals surface area contributed by atoms with Crippen LogP contribution in [0.15, 0.2) is 77.7 Å². The normalized spacial score (nSPS) is 11.2. The van der Waals surface area contributed by atoms with Crippen LogP contribution in [0.1, 0.15) is 16.7 Å². The lowest BCUT2D eigenvalue weighted by Gasteiger charge is -2.24. The number of aryl methyl sites for hydroxylation is 2. The van der Waals surface area contributed by atoms with Gasteiger partial charge in [-0.15, -0.1) is 0 Å². The molecular weight excluding hydrogens is 459 g/mol. The molecule has 174 valence electrons. The highest BCUT2D eigenvalue weighted by atomic mass is 32.2. The zero-order valence-electron chi connectivity index (χ0n) is 18.6. The smallest absolute Gasteiger partial charge is 0.264 e. The molecule has 0 saturated heterocycles. The molecule has 0 saturated carbocycles. The number of anilines is 1. The van der Waals surface area contributed by atoms with Crippen molar-refractivity contribution in [3.8, 4) is 0 Å². The molecule has 3 rings (SSSR count). The minimum Gasteiger partial charge on any atom is -0.354 e. The van der Waals surface area contributed by atoms with Crippen LogP contribution in [0.25, 0.3) is 0 Å². The summed E-state index contributed by atoms with van der Waals surface area (Å²) in [5.74, 6) is 0.619. The average Bonchev–Trinajstić information content (AvgIpc) is 2.79. The number of carbonyl (C=O) groups excluding carboxylic acids is 1. The van der Waals surface area contributed by atoms with Crippen LogP contribution in [0.5, 0.6) is 0 Å². The number of nitrogens with one attached hydrogen (secondary N) is 1. The Morgan fingerprint density at radius 3 is 2.09 bits per heavy atom. The van der Waals surface area contributed by atoms with Crippen molar-refractivity contribution in [2.45, 2.75) is 24.5 Å². The van der Waals surface area contributed by atoms with Crippen molar-refractivity contribution < 1.29 is 17.6 Å². The maximum Gasteiger partial charge on any atom is 0.264 e. The fourth-order valence-electron chi connectivity index (χ4n) is 3.08. The van der Waals surface area contributed by atoms with Gasteiger partial charge in [0, 0.05) is 18.1 Å². The number of halogens is 1. The number of carbonyl (C=O) groups is 1. The van der Waals surface area contributed by atoms with Gasteiger partial charge < -0.3 is 5.32 Å². The molecule has 8 heteroatoms. The molecule has 3 aromatic carbocycles. The number of nitrogens with zero attached hydrogens (tertiary/aromatic N) is 1. The maximum atomic E-state index is 13.4. The van der Waals surface area contributed by atoms with Crippen LogP contribution in [0.2, 0.25) is 0 Å². The van der Waals surface area contributed by atoms with Crippen LogP contribution in [-0.2, 0) is 20.6 Å². The molecule has 0 aliphatic heterocycles. The topological polar surface area (TPSA) is 66.5 Å². The van der Waals surface area contributed by atoms with Crippen molar-refractivity contribution in [2.75, 3.05) is 23.1 Å². The Balaban J connectivity index is 1.63. The molecule has 0 heterocycles. The molecule has 0 radical (unpaired) electrons. The summed E-state index contributed by atoms with van der Waals surface area (Å²) in [6, 6.07) is 19.7. The Kier molecular flexibility index (Phi) is 8.52. The van der Waals surface area contributed by atoms with E-state index in [1.807, 2.05) is 13.8 Å². The summed E-state index contributed by atoms with van der Waals surface area (Å²) < 4.78 is 41.0. The lowest BCUT2D eigenvalue weighted by molar-refractivity contribution is -0.119. The molecule has 5 nitrogen and oxygen atoms in total. The number of amides is 1. The molecule has 0 atom stereocenters. The monoisotopic (exact) mass is 486 g/mol. The van der Waals surface area contributed by atoms with E-state index in [2.05, 4.69) is 29.6 Å². The Bertz CT molecular complexity index is 1160. The lowest BCUT2D eigenvalue weighted by Crippen LogP contribution is -2.41. The van der Waals surface area contributed by atoms with Gasteiger partial charge >= 0.3 is 0 Å². The second-order valence-electron chi connectivity index (χ2n) is 7.69. The van der Waals surface area contributed by atoms with E-state index in [4.69, 9.17) is 0 Å². The first-order chi connectivity index (χ1) is 15.8. The number of hydrogen-bond acceptors (Lipinski definition) is 4. The summed E-state index contributed by atoms with van der Waals surface area (Å²) in [4.78, 5) is 12.7. The predicted octanol–water partition coefficient (Wildman–Crippen LogP) is 4.69. The van der Waals surface area contributed by atoms with Crippen molar-refractivity contribution in [1.82, 2.24) is 5.32 Å². The van der Waals surface area contributed by atoms with Gasteiger partial charge in [-0.25, -0.2) is 12.8 Å². The first-order valence-electron chi connectivity index (χ1n) is 10.5. The highest BCUT2D eigenvalue weighted by Crippen LogP contribution is 2.24. The molecule has 0 fully saturated rings. The third-order valence-corrected chi connectivity index (χ3v) is 7.79. The Morgan fingerprint density at radius 2 is 1.48 bits per heavy atom. The molecule has 0 aliphatic rings. The zero-order chi connectivity index (χ0) is 23.8. The van der Waals surface area contributed by atoms with Crippen LogP contribution in [-0.4, -0.2) is 33.2 Å². The molecule has 0 unspecified atom stereocenters. The maximum absolute atomic E-state index is 13.4. The minimum absolute atomic E-state index is 0.0684. The molecule has 0 bridgehead atoms. The average molecular weight is 487 g/mol. The zero-order valence-corrected chi connectivity index (χ0v) is 20.3. The molecule has 1 amide bonds. The van der Waals surface area contributed by atoms with Gasteiger partial charge in [0.05, 0.1) is 10.6 Å². The Morgan fingerprint density at radius 1 is 0.909 bits per heavy atom. The second kappa shape index (κ2) is 11.3. The minimum atomic E-state index is -4.01. The second-order valence-corrected chi connectivity index (χ2v) is 10.7. The van der Waals surface area contributed by atoms with Gasteiger partial charge in [-0.3, -0.25) is 9.10 Å². The summed E-state index contributed by atoms with van der Waals surface area (Å²) >= 11 is 1.69. The van der Waals surface area contributed by atoms with Crippen molar-refractivity contribution in [2.24, 2.45) is 0 Å². The van der Waals surface area contributed by atoms with E-state index in [0.717, 1.165) is 15.6 Å². The van der Waals surface area contributed by atoms with Crippen molar-refractivity contribution >= 4 is 33.4 Å². The molecule has 1 N–H and O–H groups in total. The van der Waals surface area contributed by atoms with Gasteiger partial charge in [0.1, 0.15) is 12.4 Å². The van der Waals surface area contributed by atoms with Gasteiger partial charge in [-0.2, -0.15) is 11.8 Å². The van der Waals surface area contributed by atoms with E-state index in [1.54, 1.807) is 23.9 Å². The summed E-state index contributed by atoms with van der Waals surface area (Å²) in [5.41, 5.74) is 3.56. The van der Waals surface area contributed by atoms with Crippen molar-refractivity contribution in [1.29, 1.82) is 0 Å². The van der Waals surface area contributed by atoms with Gasteiger partial charge in [-0.05, 0) is 55.8 Å². The van der Waals surface area contributed by atoms with Gasteiger partial charge in [-0.1, -0.05) is 47.5 Å². The van der Waals surface area contributed by atoms with Crippen LogP contribution in [0.3, 0.4) is 0 Å². The Labute approximate surface area is 199 Å². The highest BCUT2D eigenvalue weighted by molar-refractivity contribution is 7.98. The van der Waals surface area contributed by atoms with Crippen molar-refractivity contribution in [3.63, 3.8) is 0 Å². The molecule has 0 spiro atoms. The van der Waals surface area contributed by atoms with E-state index >= 15 is 0 Å². The number of sulfonamides is 1. The van der Waals surface area contributed by atoms with E-state index < -0.39 is 28.3 Å². The van der Waals surface area contributed by atoms with Crippen LogP contribution < -0.4 is 9.62 Å². The van der Waals surface area contributed by atoms with E-state index in [1.165, 1.54) is 47.5 Å². The third-order valence-electron chi connectivity index (χ3n) is 4.97. The van der Waals surface area contributed by atoms with Crippen LogP contribution >= 0.6 is 11.8 Å². The molecular formula is C25H27FN2O3S2. The van der Waals surface area contributed by atoms with Gasteiger partial charge in [0.2, 0.25) is 5.91 Å². The number of rotatable bonds is 10. The van der Waals surface area contributed by atoms with Gasteiger partial charge in [0.15, 0.2) is 0 Å². The number of hydrogen-bond donors (Lipinski definition) is 1. The van der Waals surface area contributed by atoms with Crippen LogP contribution in [0, 0.1) is 19.7 Å². The summed E-state index contributed by atoms with van der Waals surface area (Å²) in [5, 5.41) is 2.78. The summed E-state index contributed by atoms with van der Waals surface area (Å²) in [6.45, 7) is 3.92. The molecule has 33 heavy (non-hydrogen) atoms. The van der Waals surface area contributed by atoms with E-state index in [0.29, 0.717) is 12.3 Å². The van der Waals surface area contributed by atoms with Crippen LogP contribution in [0.4, 0.5) is 10.1 Å². The molecule has 0 aliphatic carbocycles. The lowest BCUT2D eigenvalue weighted by atomic mass is 10.2. The fourth-order valence-corrected chi connectivity index (χ4v) is 5.32. The van der Waals surface area contributed by atoms with Gasteiger partial charge in [0.25, 0.3) is 10.0 Å². The number of benzene rings is 3. The Hall–Kier alpha value is -2.84.